The van der Waals surface area contributed by atoms with Gasteiger partial charge < -0.3 is 15.2 Å². The summed E-state index contributed by atoms with van der Waals surface area (Å²) in [7, 11) is 0. The van der Waals surface area contributed by atoms with Crippen LogP contribution < -0.4 is 5.32 Å². The maximum absolute atomic E-state index is 13.2. The molecule has 2 unspecified atom stereocenters. The van der Waals surface area contributed by atoms with Gasteiger partial charge in [0.1, 0.15) is 5.82 Å². The number of hydrogen-bond acceptors (Lipinski definition) is 4. The summed E-state index contributed by atoms with van der Waals surface area (Å²) in [4.78, 5) is 2.23. The zero-order valence-corrected chi connectivity index (χ0v) is 15.1. The SMILES string of the molecule is CC(C)(C)CC(NCC(O)CN1CCOCC1)c1ccc(F)cc1. The second-order valence-corrected chi connectivity index (χ2v) is 7.84. The van der Waals surface area contributed by atoms with Crippen LogP contribution in [0.2, 0.25) is 0 Å². The molecular weight excluding hydrogens is 307 g/mol. The fraction of sp³-hybridized carbons (Fsp3) is 0.684. The summed E-state index contributed by atoms with van der Waals surface area (Å²) in [6, 6.07) is 6.75. The summed E-state index contributed by atoms with van der Waals surface area (Å²) in [5, 5.41) is 13.8. The van der Waals surface area contributed by atoms with E-state index in [0.29, 0.717) is 13.1 Å². The second-order valence-electron chi connectivity index (χ2n) is 7.84. The summed E-state index contributed by atoms with van der Waals surface area (Å²) in [6.07, 6.45) is 0.495. The molecule has 0 radical (unpaired) electrons. The number of morpholine rings is 1. The van der Waals surface area contributed by atoms with Crippen molar-refractivity contribution in [3.63, 3.8) is 0 Å². The van der Waals surface area contributed by atoms with Gasteiger partial charge in [-0.3, -0.25) is 4.90 Å². The van der Waals surface area contributed by atoms with Gasteiger partial charge in [-0.1, -0.05) is 32.9 Å². The molecule has 0 bridgehead atoms. The van der Waals surface area contributed by atoms with E-state index in [1.165, 1.54) is 12.1 Å². The lowest BCUT2D eigenvalue weighted by Crippen LogP contribution is -2.44. The number of aliphatic hydroxyl groups is 1. The normalized spacial score (nSPS) is 19.2. The number of rotatable bonds is 7. The van der Waals surface area contributed by atoms with E-state index in [0.717, 1.165) is 38.3 Å². The van der Waals surface area contributed by atoms with Gasteiger partial charge in [-0.15, -0.1) is 0 Å². The molecule has 1 aromatic rings. The minimum Gasteiger partial charge on any atom is -0.390 e. The molecule has 0 saturated carbocycles. The molecular formula is C19H31FN2O2. The smallest absolute Gasteiger partial charge is 0.123 e. The average molecular weight is 338 g/mol. The molecule has 1 aliphatic heterocycles. The Morgan fingerprint density at radius 2 is 1.83 bits per heavy atom. The van der Waals surface area contributed by atoms with E-state index in [2.05, 4.69) is 31.0 Å². The maximum atomic E-state index is 13.2. The first-order valence-corrected chi connectivity index (χ1v) is 8.80. The monoisotopic (exact) mass is 338 g/mol. The highest BCUT2D eigenvalue weighted by Crippen LogP contribution is 2.29. The Kier molecular flexibility index (Phi) is 7.16. The Labute approximate surface area is 145 Å². The molecule has 0 amide bonds. The van der Waals surface area contributed by atoms with Crippen LogP contribution in [0.15, 0.2) is 24.3 Å². The Balaban J connectivity index is 1.90. The van der Waals surface area contributed by atoms with Crippen molar-refractivity contribution >= 4 is 0 Å². The van der Waals surface area contributed by atoms with Gasteiger partial charge in [-0.25, -0.2) is 4.39 Å². The summed E-state index contributed by atoms with van der Waals surface area (Å²) in [6.45, 7) is 11.0. The Morgan fingerprint density at radius 1 is 1.21 bits per heavy atom. The van der Waals surface area contributed by atoms with Crippen LogP contribution in [0.1, 0.15) is 38.8 Å². The molecule has 0 spiro atoms. The number of ether oxygens (including phenoxy) is 1. The van der Waals surface area contributed by atoms with Gasteiger partial charge in [0, 0.05) is 32.2 Å². The lowest BCUT2D eigenvalue weighted by atomic mass is 9.85. The molecule has 5 heteroatoms. The number of nitrogens with one attached hydrogen (secondary N) is 1. The van der Waals surface area contributed by atoms with Gasteiger partial charge in [0.05, 0.1) is 19.3 Å². The van der Waals surface area contributed by atoms with Crippen LogP contribution in [0.25, 0.3) is 0 Å². The van der Waals surface area contributed by atoms with Crippen molar-refractivity contribution in [1.82, 2.24) is 10.2 Å². The number of benzene rings is 1. The Hall–Kier alpha value is -1.01. The molecule has 2 atom stereocenters. The summed E-state index contributed by atoms with van der Waals surface area (Å²) < 4.78 is 18.5. The van der Waals surface area contributed by atoms with Gasteiger partial charge in [0.15, 0.2) is 0 Å². The number of nitrogens with zero attached hydrogens (tertiary/aromatic N) is 1. The van der Waals surface area contributed by atoms with Gasteiger partial charge in [-0.05, 0) is 29.5 Å². The fourth-order valence-corrected chi connectivity index (χ4v) is 3.04. The highest BCUT2D eigenvalue weighted by atomic mass is 19.1. The number of halogens is 1. The van der Waals surface area contributed by atoms with Gasteiger partial charge in [0.2, 0.25) is 0 Å². The highest BCUT2D eigenvalue weighted by molar-refractivity contribution is 5.20. The lowest BCUT2D eigenvalue weighted by Gasteiger charge is -2.31. The second kappa shape index (κ2) is 8.90. The molecule has 0 aliphatic carbocycles. The van der Waals surface area contributed by atoms with Crippen molar-refractivity contribution in [3.8, 4) is 0 Å². The first-order chi connectivity index (χ1) is 11.3. The van der Waals surface area contributed by atoms with Crippen LogP contribution in [0, 0.1) is 11.2 Å². The minimum absolute atomic E-state index is 0.102. The minimum atomic E-state index is -0.425. The molecule has 1 fully saturated rings. The van der Waals surface area contributed by atoms with Gasteiger partial charge >= 0.3 is 0 Å². The molecule has 1 aliphatic rings. The molecule has 0 aromatic heterocycles. The van der Waals surface area contributed by atoms with E-state index in [-0.39, 0.29) is 17.3 Å². The number of β-amino-alcohol motifs (C(OH)–C–C–N with tert-alkyl or cyclic N) is 1. The van der Waals surface area contributed by atoms with Crippen molar-refractivity contribution < 1.29 is 14.2 Å². The summed E-state index contributed by atoms with van der Waals surface area (Å²) >= 11 is 0. The van der Waals surface area contributed by atoms with E-state index in [4.69, 9.17) is 4.74 Å². The van der Waals surface area contributed by atoms with Crippen LogP contribution >= 0.6 is 0 Å². The topological polar surface area (TPSA) is 44.7 Å². The average Bonchev–Trinajstić information content (AvgIpc) is 2.52. The van der Waals surface area contributed by atoms with Gasteiger partial charge in [0.25, 0.3) is 0 Å². The van der Waals surface area contributed by atoms with Crippen LogP contribution in [-0.2, 0) is 4.74 Å². The largest absolute Gasteiger partial charge is 0.390 e. The Morgan fingerprint density at radius 3 is 2.42 bits per heavy atom. The van der Waals surface area contributed by atoms with E-state index in [1.54, 1.807) is 0 Å². The van der Waals surface area contributed by atoms with E-state index >= 15 is 0 Å². The number of aliphatic hydroxyl groups excluding tert-OH is 1. The lowest BCUT2D eigenvalue weighted by molar-refractivity contribution is 0.0142. The third-order valence-electron chi connectivity index (χ3n) is 4.26. The third-order valence-corrected chi connectivity index (χ3v) is 4.26. The van der Waals surface area contributed by atoms with Crippen LogP contribution in [0.4, 0.5) is 4.39 Å². The summed E-state index contributed by atoms with van der Waals surface area (Å²) in [5.41, 5.74) is 1.20. The quantitative estimate of drug-likeness (QED) is 0.802. The van der Waals surface area contributed by atoms with E-state index < -0.39 is 6.10 Å². The molecule has 24 heavy (non-hydrogen) atoms. The van der Waals surface area contributed by atoms with Crippen molar-refractivity contribution in [2.75, 3.05) is 39.4 Å². The third kappa shape index (κ3) is 6.85. The van der Waals surface area contributed by atoms with Crippen molar-refractivity contribution in [2.45, 2.75) is 39.3 Å². The molecule has 4 nitrogen and oxygen atoms in total. The molecule has 2 rings (SSSR count). The van der Waals surface area contributed by atoms with Crippen LogP contribution in [-0.4, -0.2) is 55.5 Å². The molecule has 1 saturated heterocycles. The van der Waals surface area contributed by atoms with Gasteiger partial charge in [-0.2, -0.15) is 0 Å². The maximum Gasteiger partial charge on any atom is 0.123 e. The van der Waals surface area contributed by atoms with Crippen molar-refractivity contribution in [1.29, 1.82) is 0 Å². The fourth-order valence-electron chi connectivity index (χ4n) is 3.04. The first-order valence-electron chi connectivity index (χ1n) is 8.80. The predicted molar refractivity (Wildman–Crippen MR) is 94.5 cm³/mol. The zero-order valence-electron chi connectivity index (χ0n) is 15.1. The molecule has 2 N–H and O–H groups in total. The van der Waals surface area contributed by atoms with Crippen molar-refractivity contribution in [2.24, 2.45) is 5.41 Å². The van der Waals surface area contributed by atoms with Crippen LogP contribution in [0.3, 0.4) is 0 Å². The van der Waals surface area contributed by atoms with E-state index in [9.17, 15) is 9.50 Å². The number of hydrogen-bond donors (Lipinski definition) is 2. The molecule has 136 valence electrons. The highest BCUT2D eigenvalue weighted by Gasteiger charge is 2.22. The molecule has 1 aromatic carbocycles. The first kappa shape index (κ1) is 19.3. The standard InChI is InChI=1S/C19H31FN2O2/c1-19(2,3)12-18(15-4-6-16(20)7-5-15)21-13-17(23)14-22-8-10-24-11-9-22/h4-7,17-18,21,23H,8-14H2,1-3H3. The van der Waals surface area contributed by atoms with Crippen molar-refractivity contribution in [3.05, 3.63) is 35.6 Å². The Bertz CT molecular complexity index is 481. The predicted octanol–water partition coefficient (Wildman–Crippen LogP) is 2.59. The van der Waals surface area contributed by atoms with E-state index in [1.807, 2.05) is 12.1 Å². The van der Waals surface area contributed by atoms with Crippen LogP contribution in [0.5, 0.6) is 0 Å². The molecule has 1 heterocycles. The zero-order chi connectivity index (χ0) is 17.6. The summed E-state index contributed by atoms with van der Waals surface area (Å²) in [5.74, 6) is -0.222.